The molecule has 0 bridgehead atoms. The molecule has 5 nitrogen and oxygen atoms in total. The van der Waals surface area contributed by atoms with Gasteiger partial charge in [-0.15, -0.1) is 0 Å². The fourth-order valence-corrected chi connectivity index (χ4v) is 2.10. The zero-order chi connectivity index (χ0) is 12.3. The van der Waals surface area contributed by atoms with Gasteiger partial charge in [-0.1, -0.05) is 0 Å². The molecule has 94 valence electrons. The minimum absolute atomic E-state index is 0.113. The van der Waals surface area contributed by atoms with E-state index in [2.05, 4.69) is 27.2 Å². The highest BCUT2D eigenvalue weighted by Gasteiger charge is 2.21. The van der Waals surface area contributed by atoms with Crippen molar-refractivity contribution in [2.75, 3.05) is 32.0 Å². The van der Waals surface area contributed by atoms with Gasteiger partial charge in [0.15, 0.2) is 0 Å². The average molecular weight is 235 g/mol. The van der Waals surface area contributed by atoms with Crippen LogP contribution in [0.1, 0.15) is 24.8 Å². The second kappa shape index (κ2) is 5.42. The lowest BCUT2D eigenvalue weighted by Crippen LogP contribution is -2.25. The van der Waals surface area contributed by atoms with Crippen LogP contribution in [0.15, 0.2) is 12.4 Å². The molecule has 3 N–H and O–H groups in total. The predicted molar refractivity (Wildman–Crippen MR) is 69.0 cm³/mol. The van der Waals surface area contributed by atoms with Crippen molar-refractivity contribution in [1.29, 1.82) is 0 Å². The summed E-state index contributed by atoms with van der Waals surface area (Å²) in [5, 5.41) is 3.11. The SMILES string of the molecule is CC(N)CNc1ncc(C2CCN(C)C2)cn1. The van der Waals surface area contributed by atoms with Crippen LogP contribution in [0, 0.1) is 0 Å². The second-order valence-corrected chi connectivity index (χ2v) is 4.95. The zero-order valence-corrected chi connectivity index (χ0v) is 10.6. The third-order valence-corrected chi connectivity index (χ3v) is 3.12. The third kappa shape index (κ3) is 3.38. The Morgan fingerprint density at radius 2 is 2.24 bits per heavy atom. The molecule has 1 fully saturated rings. The number of anilines is 1. The fraction of sp³-hybridized carbons (Fsp3) is 0.667. The molecule has 5 heteroatoms. The van der Waals surface area contributed by atoms with Crippen LogP contribution in [-0.4, -0.2) is 47.6 Å². The largest absolute Gasteiger partial charge is 0.353 e. The van der Waals surface area contributed by atoms with Gasteiger partial charge in [0.2, 0.25) is 5.95 Å². The van der Waals surface area contributed by atoms with Crippen molar-refractivity contribution in [3.8, 4) is 0 Å². The first-order valence-corrected chi connectivity index (χ1v) is 6.15. The number of likely N-dealkylation sites (N-methyl/N-ethyl adjacent to an activating group) is 1. The van der Waals surface area contributed by atoms with Crippen molar-refractivity contribution in [2.45, 2.75) is 25.3 Å². The fourth-order valence-electron chi connectivity index (χ4n) is 2.10. The summed E-state index contributed by atoms with van der Waals surface area (Å²) in [5.41, 5.74) is 6.90. The lowest BCUT2D eigenvalue weighted by molar-refractivity contribution is 0.411. The van der Waals surface area contributed by atoms with Gasteiger partial charge in [0.25, 0.3) is 0 Å². The van der Waals surface area contributed by atoms with E-state index in [0.717, 1.165) is 13.1 Å². The number of nitrogens with one attached hydrogen (secondary N) is 1. The lowest BCUT2D eigenvalue weighted by Gasteiger charge is -2.11. The number of nitrogens with zero attached hydrogens (tertiary/aromatic N) is 3. The topological polar surface area (TPSA) is 67.1 Å². The van der Waals surface area contributed by atoms with Gasteiger partial charge < -0.3 is 16.0 Å². The van der Waals surface area contributed by atoms with Crippen LogP contribution < -0.4 is 11.1 Å². The molecular formula is C12H21N5. The highest BCUT2D eigenvalue weighted by atomic mass is 15.1. The van der Waals surface area contributed by atoms with Crippen molar-refractivity contribution in [2.24, 2.45) is 5.73 Å². The molecule has 1 aromatic rings. The Kier molecular flexibility index (Phi) is 3.91. The van der Waals surface area contributed by atoms with E-state index < -0.39 is 0 Å². The third-order valence-electron chi connectivity index (χ3n) is 3.12. The van der Waals surface area contributed by atoms with Crippen molar-refractivity contribution < 1.29 is 0 Å². The van der Waals surface area contributed by atoms with E-state index in [4.69, 9.17) is 5.73 Å². The monoisotopic (exact) mass is 235 g/mol. The van der Waals surface area contributed by atoms with E-state index in [1.54, 1.807) is 0 Å². The Labute approximate surface area is 102 Å². The first kappa shape index (κ1) is 12.3. The van der Waals surface area contributed by atoms with Crippen LogP contribution in [0.25, 0.3) is 0 Å². The zero-order valence-electron chi connectivity index (χ0n) is 10.6. The maximum Gasteiger partial charge on any atom is 0.222 e. The molecular weight excluding hydrogens is 214 g/mol. The number of hydrogen-bond donors (Lipinski definition) is 2. The summed E-state index contributed by atoms with van der Waals surface area (Å²) >= 11 is 0. The molecule has 0 aromatic carbocycles. The van der Waals surface area contributed by atoms with Crippen LogP contribution in [0.4, 0.5) is 5.95 Å². The Balaban J connectivity index is 1.93. The van der Waals surface area contributed by atoms with Crippen molar-refractivity contribution >= 4 is 5.95 Å². The van der Waals surface area contributed by atoms with E-state index in [1.807, 2.05) is 19.3 Å². The van der Waals surface area contributed by atoms with E-state index in [0.29, 0.717) is 18.4 Å². The number of nitrogens with two attached hydrogens (primary N) is 1. The van der Waals surface area contributed by atoms with Gasteiger partial charge in [-0.05, 0) is 32.5 Å². The molecule has 0 amide bonds. The van der Waals surface area contributed by atoms with Crippen LogP contribution in [0.3, 0.4) is 0 Å². The highest BCUT2D eigenvalue weighted by molar-refractivity contribution is 5.26. The Bertz CT molecular complexity index is 348. The summed E-state index contributed by atoms with van der Waals surface area (Å²) in [4.78, 5) is 11.0. The molecule has 1 saturated heterocycles. The van der Waals surface area contributed by atoms with Gasteiger partial charge in [0.05, 0.1) is 0 Å². The van der Waals surface area contributed by atoms with Gasteiger partial charge in [0, 0.05) is 37.4 Å². The molecule has 1 aromatic heterocycles. The molecule has 0 radical (unpaired) electrons. The van der Waals surface area contributed by atoms with Crippen molar-refractivity contribution in [1.82, 2.24) is 14.9 Å². The van der Waals surface area contributed by atoms with Crippen LogP contribution in [0.2, 0.25) is 0 Å². The summed E-state index contributed by atoms with van der Waals surface area (Å²) < 4.78 is 0. The number of likely N-dealkylation sites (tertiary alicyclic amines) is 1. The molecule has 1 aliphatic rings. The summed E-state index contributed by atoms with van der Waals surface area (Å²) in [6, 6.07) is 0.113. The summed E-state index contributed by atoms with van der Waals surface area (Å²) in [7, 11) is 2.15. The minimum atomic E-state index is 0.113. The maximum atomic E-state index is 5.66. The Hall–Kier alpha value is -1.20. The molecule has 17 heavy (non-hydrogen) atoms. The average Bonchev–Trinajstić information content (AvgIpc) is 2.74. The Morgan fingerprint density at radius 1 is 1.53 bits per heavy atom. The highest BCUT2D eigenvalue weighted by Crippen LogP contribution is 2.25. The van der Waals surface area contributed by atoms with Crippen molar-refractivity contribution in [3.05, 3.63) is 18.0 Å². The number of aromatic nitrogens is 2. The quantitative estimate of drug-likeness (QED) is 0.802. The summed E-state index contributed by atoms with van der Waals surface area (Å²) in [6.45, 7) is 4.92. The predicted octanol–water partition coefficient (Wildman–Crippen LogP) is 0.655. The van der Waals surface area contributed by atoms with Crippen LogP contribution in [0.5, 0.6) is 0 Å². The van der Waals surface area contributed by atoms with E-state index in [-0.39, 0.29) is 6.04 Å². The van der Waals surface area contributed by atoms with E-state index >= 15 is 0 Å². The first-order valence-electron chi connectivity index (χ1n) is 6.15. The van der Waals surface area contributed by atoms with E-state index in [9.17, 15) is 0 Å². The number of rotatable bonds is 4. The standard InChI is InChI=1S/C12H21N5/c1-9(13)5-14-12-15-6-11(7-16-12)10-3-4-17(2)8-10/h6-7,9-10H,3-5,8,13H2,1-2H3,(H,14,15,16). The van der Waals surface area contributed by atoms with Gasteiger partial charge >= 0.3 is 0 Å². The normalized spacial score (nSPS) is 22.6. The van der Waals surface area contributed by atoms with Crippen LogP contribution in [-0.2, 0) is 0 Å². The molecule has 2 heterocycles. The van der Waals surface area contributed by atoms with E-state index in [1.165, 1.54) is 12.0 Å². The van der Waals surface area contributed by atoms with Gasteiger partial charge in [0.1, 0.15) is 0 Å². The Morgan fingerprint density at radius 3 is 2.76 bits per heavy atom. The smallest absolute Gasteiger partial charge is 0.222 e. The maximum absolute atomic E-state index is 5.66. The molecule has 0 saturated carbocycles. The lowest BCUT2D eigenvalue weighted by atomic mass is 10.0. The molecule has 0 spiro atoms. The van der Waals surface area contributed by atoms with Gasteiger partial charge in [-0.3, -0.25) is 0 Å². The molecule has 2 atom stereocenters. The summed E-state index contributed by atoms with van der Waals surface area (Å²) in [5.74, 6) is 1.25. The van der Waals surface area contributed by atoms with Crippen molar-refractivity contribution in [3.63, 3.8) is 0 Å². The molecule has 1 aliphatic heterocycles. The molecule has 2 rings (SSSR count). The summed E-state index contributed by atoms with van der Waals surface area (Å²) in [6.07, 6.45) is 5.06. The molecule has 2 unspecified atom stereocenters. The van der Waals surface area contributed by atoms with Gasteiger partial charge in [-0.25, -0.2) is 9.97 Å². The van der Waals surface area contributed by atoms with Crippen LogP contribution >= 0.6 is 0 Å². The first-order chi connectivity index (χ1) is 8.15. The number of hydrogen-bond acceptors (Lipinski definition) is 5. The van der Waals surface area contributed by atoms with Gasteiger partial charge in [-0.2, -0.15) is 0 Å². The second-order valence-electron chi connectivity index (χ2n) is 4.95. The molecule has 0 aliphatic carbocycles. The minimum Gasteiger partial charge on any atom is -0.353 e.